The van der Waals surface area contributed by atoms with Gasteiger partial charge in [-0.1, -0.05) is 11.8 Å². The van der Waals surface area contributed by atoms with Crippen molar-refractivity contribution in [3.8, 4) is 17.6 Å². The van der Waals surface area contributed by atoms with Gasteiger partial charge in [-0.3, -0.25) is 0 Å². The molecule has 0 aliphatic carbocycles. The molecule has 1 N–H and O–H groups in total. The maximum absolute atomic E-state index is 12.7. The van der Waals surface area contributed by atoms with E-state index in [0.29, 0.717) is 18.8 Å². The Labute approximate surface area is 112 Å². The third-order valence-electron chi connectivity index (χ3n) is 2.86. The van der Waals surface area contributed by atoms with E-state index in [1.165, 1.54) is 12.1 Å². The molecule has 1 saturated heterocycles. The molecule has 2 atom stereocenters. The highest BCUT2D eigenvalue weighted by Gasteiger charge is 2.24. The van der Waals surface area contributed by atoms with E-state index in [9.17, 15) is 4.39 Å². The molecule has 4 heteroatoms. The Hall–Kier alpha value is -1.57. The Morgan fingerprint density at radius 1 is 1.32 bits per heavy atom. The maximum atomic E-state index is 12.7. The smallest absolute Gasteiger partial charge is 0.123 e. The maximum Gasteiger partial charge on any atom is 0.123 e. The first-order valence-electron chi connectivity index (χ1n) is 6.41. The molecule has 0 spiro atoms. The van der Waals surface area contributed by atoms with Crippen molar-refractivity contribution in [3.63, 3.8) is 0 Å². The average Bonchev–Trinajstić information content (AvgIpc) is 2.86. The molecule has 19 heavy (non-hydrogen) atoms. The van der Waals surface area contributed by atoms with Crippen LogP contribution in [0.15, 0.2) is 24.3 Å². The lowest BCUT2D eigenvalue weighted by atomic mass is 10.2. The monoisotopic (exact) mass is 264 g/mol. The molecule has 102 valence electrons. The van der Waals surface area contributed by atoms with Crippen molar-refractivity contribution in [2.45, 2.75) is 31.5 Å². The van der Waals surface area contributed by atoms with Gasteiger partial charge in [0.25, 0.3) is 0 Å². The number of benzene rings is 1. The third-order valence-corrected chi connectivity index (χ3v) is 2.86. The first-order chi connectivity index (χ1) is 9.28. The van der Waals surface area contributed by atoms with E-state index in [-0.39, 0.29) is 24.6 Å². The molecule has 1 aliphatic heterocycles. The highest BCUT2D eigenvalue weighted by Crippen LogP contribution is 2.20. The van der Waals surface area contributed by atoms with E-state index in [4.69, 9.17) is 14.6 Å². The number of hydrogen-bond donors (Lipinski definition) is 1. The van der Waals surface area contributed by atoms with Crippen LogP contribution in [0.5, 0.6) is 5.75 Å². The van der Waals surface area contributed by atoms with Crippen molar-refractivity contribution in [1.82, 2.24) is 0 Å². The van der Waals surface area contributed by atoms with Crippen molar-refractivity contribution in [2.24, 2.45) is 0 Å². The van der Waals surface area contributed by atoms with Crippen molar-refractivity contribution < 1.29 is 19.0 Å². The SMILES string of the molecule is OCCC#CC1CC[C@@H](COc2ccc(F)cc2)O1. The summed E-state index contributed by atoms with van der Waals surface area (Å²) in [5, 5.41) is 8.63. The fourth-order valence-electron chi connectivity index (χ4n) is 1.90. The second-order valence-electron chi connectivity index (χ2n) is 4.38. The van der Waals surface area contributed by atoms with E-state index in [0.717, 1.165) is 12.8 Å². The molecule has 1 fully saturated rings. The summed E-state index contributed by atoms with van der Waals surface area (Å²) in [6.07, 6.45) is 2.23. The predicted molar refractivity (Wildman–Crippen MR) is 69.3 cm³/mol. The lowest BCUT2D eigenvalue weighted by Gasteiger charge is -2.12. The van der Waals surface area contributed by atoms with Crippen LogP contribution in [0.3, 0.4) is 0 Å². The van der Waals surface area contributed by atoms with E-state index in [1.54, 1.807) is 12.1 Å². The van der Waals surface area contributed by atoms with Gasteiger partial charge in [0, 0.05) is 6.42 Å². The van der Waals surface area contributed by atoms with E-state index in [1.807, 2.05) is 0 Å². The fraction of sp³-hybridized carbons (Fsp3) is 0.467. The Balaban J connectivity index is 1.73. The van der Waals surface area contributed by atoms with Crippen LogP contribution >= 0.6 is 0 Å². The van der Waals surface area contributed by atoms with Gasteiger partial charge in [-0.15, -0.1) is 0 Å². The average molecular weight is 264 g/mol. The molecule has 0 radical (unpaired) electrons. The van der Waals surface area contributed by atoms with Gasteiger partial charge in [-0.05, 0) is 37.1 Å². The molecule has 0 aromatic heterocycles. The van der Waals surface area contributed by atoms with Crippen LogP contribution in [-0.2, 0) is 4.74 Å². The van der Waals surface area contributed by atoms with Crippen LogP contribution in [0.25, 0.3) is 0 Å². The molecule has 1 unspecified atom stereocenters. The second-order valence-corrected chi connectivity index (χ2v) is 4.38. The van der Waals surface area contributed by atoms with Gasteiger partial charge in [0.15, 0.2) is 0 Å². The number of hydrogen-bond acceptors (Lipinski definition) is 3. The molecule has 1 aliphatic rings. The third kappa shape index (κ3) is 4.55. The van der Waals surface area contributed by atoms with E-state index in [2.05, 4.69) is 11.8 Å². The van der Waals surface area contributed by atoms with Crippen molar-refractivity contribution in [3.05, 3.63) is 30.1 Å². The highest BCUT2D eigenvalue weighted by molar-refractivity contribution is 5.22. The van der Waals surface area contributed by atoms with Gasteiger partial charge < -0.3 is 14.6 Å². The zero-order valence-electron chi connectivity index (χ0n) is 10.6. The Kier molecular flexibility index (Phi) is 5.20. The van der Waals surface area contributed by atoms with Gasteiger partial charge in [0.05, 0.1) is 12.7 Å². The molecule has 3 nitrogen and oxygen atoms in total. The van der Waals surface area contributed by atoms with Crippen LogP contribution in [0, 0.1) is 17.7 Å². The summed E-state index contributed by atoms with van der Waals surface area (Å²) in [6, 6.07) is 5.94. The number of aliphatic hydroxyl groups excluding tert-OH is 1. The van der Waals surface area contributed by atoms with Crippen LogP contribution in [0.4, 0.5) is 4.39 Å². The van der Waals surface area contributed by atoms with Crippen molar-refractivity contribution in [1.29, 1.82) is 0 Å². The van der Waals surface area contributed by atoms with Crippen LogP contribution < -0.4 is 4.74 Å². The number of aliphatic hydroxyl groups is 1. The molecule has 1 heterocycles. The van der Waals surface area contributed by atoms with Gasteiger partial charge in [-0.25, -0.2) is 4.39 Å². The Morgan fingerprint density at radius 2 is 2.11 bits per heavy atom. The number of rotatable bonds is 4. The first kappa shape index (κ1) is 13.9. The van der Waals surface area contributed by atoms with Gasteiger partial charge in [0.2, 0.25) is 0 Å². The topological polar surface area (TPSA) is 38.7 Å². The summed E-state index contributed by atoms with van der Waals surface area (Å²) in [5.41, 5.74) is 0. The van der Waals surface area contributed by atoms with E-state index >= 15 is 0 Å². The molecule has 0 saturated carbocycles. The van der Waals surface area contributed by atoms with Gasteiger partial charge >= 0.3 is 0 Å². The molecular weight excluding hydrogens is 247 g/mol. The lowest BCUT2D eigenvalue weighted by Crippen LogP contribution is -2.18. The fourth-order valence-corrected chi connectivity index (χ4v) is 1.90. The summed E-state index contributed by atoms with van der Waals surface area (Å²) in [5.74, 6) is 6.22. The minimum atomic E-state index is -0.274. The standard InChI is InChI=1S/C15H17FO3/c16-12-4-6-13(7-5-12)18-11-15-9-8-14(19-15)3-1-2-10-17/h4-7,14-15,17H,2,8-11H2/t14?,15-/m0/s1. The molecule has 0 bridgehead atoms. The number of ether oxygens (including phenoxy) is 2. The molecule has 2 rings (SSSR count). The molecule has 0 amide bonds. The van der Waals surface area contributed by atoms with E-state index < -0.39 is 0 Å². The largest absolute Gasteiger partial charge is 0.491 e. The Morgan fingerprint density at radius 3 is 2.84 bits per heavy atom. The molecular formula is C15H17FO3. The zero-order valence-corrected chi connectivity index (χ0v) is 10.6. The van der Waals surface area contributed by atoms with Gasteiger partial charge in [-0.2, -0.15) is 0 Å². The summed E-state index contributed by atoms with van der Waals surface area (Å²) < 4.78 is 24.0. The summed E-state index contributed by atoms with van der Waals surface area (Å²) in [6.45, 7) is 0.528. The normalized spacial score (nSPS) is 21.8. The predicted octanol–water partition coefficient (Wildman–Crippen LogP) is 2.14. The summed E-state index contributed by atoms with van der Waals surface area (Å²) >= 11 is 0. The van der Waals surface area contributed by atoms with Crippen LogP contribution in [-0.4, -0.2) is 30.5 Å². The van der Waals surface area contributed by atoms with Crippen molar-refractivity contribution in [2.75, 3.05) is 13.2 Å². The highest BCUT2D eigenvalue weighted by atomic mass is 19.1. The second kappa shape index (κ2) is 7.13. The minimum Gasteiger partial charge on any atom is -0.491 e. The Bertz CT molecular complexity index is 447. The lowest BCUT2D eigenvalue weighted by molar-refractivity contribution is 0.0419. The molecule has 1 aromatic carbocycles. The number of halogens is 1. The minimum absolute atomic E-state index is 0.0264. The first-order valence-corrected chi connectivity index (χ1v) is 6.41. The molecule has 1 aromatic rings. The zero-order chi connectivity index (χ0) is 13.5. The quantitative estimate of drug-likeness (QED) is 0.847. The van der Waals surface area contributed by atoms with Gasteiger partial charge in [0.1, 0.15) is 24.3 Å². The summed E-state index contributed by atoms with van der Waals surface area (Å²) in [7, 11) is 0. The van der Waals surface area contributed by atoms with Crippen LogP contribution in [0.2, 0.25) is 0 Å². The summed E-state index contributed by atoms with van der Waals surface area (Å²) in [4.78, 5) is 0. The van der Waals surface area contributed by atoms with Crippen molar-refractivity contribution >= 4 is 0 Å². The van der Waals surface area contributed by atoms with Crippen LogP contribution in [0.1, 0.15) is 19.3 Å².